The van der Waals surface area contributed by atoms with Crippen molar-refractivity contribution >= 4 is 12.4 Å². The Balaban J connectivity index is 0.00000133. The molecule has 2 unspecified atom stereocenters. The number of hydrogen-bond donors (Lipinski definition) is 2. The maximum atomic E-state index is 13.2. The predicted molar refractivity (Wildman–Crippen MR) is 75.1 cm³/mol. The van der Waals surface area contributed by atoms with Crippen molar-refractivity contribution in [3.05, 3.63) is 29.6 Å². The second kappa shape index (κ2) is 6.07. The van der Waals surface area contributed by atoms with E-state index in [-0.39, 0.29) is 24.0 Å². The summed E-state index contributed by atoms with van der Waals surface area (Å²) in [6.45, 7) is 5.14. The van der Waals surface area contributed by atoms with Crippen LogP contribution in [0.2, 0.25) is 0 Å². The molecule has 1 aromatic rings. The summed E-state index contributed by atoms with van der Waals surface area (Å²) >= 11 is 0. The van der Waals surface area contributed by atoms with Crippen LogP contribution >= 0.6 is 12.4 Å². The van der Waals surface area contributed by atoms with Crippen LogP contribution in [0.3, 0.4) is 0 Å². The number of nitrogens with zero attached hydrogens (tertiary/aromatic N) is 1. The van der Waals surface area contributed by atoms with Crippen LogP contribution in [0.4, 0.5) is 4.39 Å². The van der Waals surface area contributed by atoms with Crippen molar-refractivity contribution < 1.29 is 9.50 Å². The summed E-state index contributed by atoms with van der Waals surface area (Å²) in [4.78, 5) is 2.36. The second-order valence-electron chi connectivity index (χ2n) is 5.52. The highest BCUT2D eigenvalue weighted by atomic mass is 35.5. The highest BCUT2D eigenvalue weighted by Gasteiger charge is 2.32. The van der Waals surface area contributed by atoms with Crippen LogP contribution in [-0.2, 0) is 6.54 Å². The Bertz CT molecular complexity index is 423. The molecule has 2 N–H and O–H groups in total. The van der Waals surface area contributed by atoms with Crippen molar-refractivity contribution in [2.75, 3.05) is 26.2 Å². The van der Waals surface area contributed by atoms with Crippen LogP contribution < -0.4 is 5.32 Å². The van der Waals surface area contributed by atoms with Crippen LogP contribution in [0.1, 0.15) is 12.0 Å². The number of phenolic OH excluding ortho intramolecular Hbond substituents is 1. The molecule has 0 saturated carbocycles. The van der Waals surface area contributed by atoms with Gasteiger partial charge < -0.3 is 10.4 Å². The van der Waals surface area contributed by atoms with E-state index in [9.17, 15) is 9.50 Å². The number of nitrogens with one attached hydrogen (secondary N) is 1. The molecule has 19 heavy (non-hydrogen) atoms. The van der Waals surface area contributed by atoms with Crippen molar-refractivity contribution in [2.45, 2.75) is 13.0 Å². The Morgan fingerprint density at radius 1 is 1.26 bits per heavy atom. The van der Waals surface area contributed by atoms with Gasteiger partial charge in [-0.1, -0.05) is 0 Å². The van der Waals surface area contributed by atoms with Crippen LogP contribution in [0.15, 0.2) is 18.2 Å². The third-order valence-electron chi connectivity index (χ3n) is 4.14. The summed E-state index contributed by atoms with van der Waals surface area (Å²) in [6, 6.07) is 4.32. The highest BCUT2D eigenvalue weighted by molar-refractivity contribution is 5.85. The number of likely N-dealkylation sites (tertiary alicyclic amines) is 1. The summed E-state index contributed by atoms with van der Waals surface area (Å²) < 4.78 is 13.2. The largest absolute Gasteiger partial charge is 0.508 e. The lowest BCUT2D eigenvalue weighted by Crippen LogP contribution is -2.39. The Hall–Kier alpha value is -0.840. The summed E-state index contributed by atoms with van der Waals surface area (Å²) in [5.74, 6) is 1.22. The molecule has 2 saturated heterocycles. The van der Waals surface area contributed by atoms with Crippen LogP contribution in [-0.4, -0.2) is 36.2 Å². The maximum Gasteiger partial charge on any atom is 0.127 e. The minimum Gasteiger partial charge on any atom is -0.508 e. The van der Waals surface area contributed by atoms with Gasteiger partial charge in [-0.05, 0) is 55.6 Å². The molecule has 2 aliphatic rings. The van der Waals surface area contributed by atoms with Crippen LogP contribution in [0, 0.1) is 17.7 Å². The van der Waals surface area contributed by atoms with E-state index in [4.69, 9.17) is 0 Å². The Morgan fingerprint density at radius 3 is 2.84 bits per heavy atom. The molecule has 2 atom stereocenters. The van der Waals surface area contributed by atoms with E-state index < -0.39 is 0 Å². The van der Waals surface area contributed by atoms with E-state index >= 15 is 0 Å². The van der Waals surface area contributed by atoms with Gasteiger partial charge in [0.1, 0.15) is 11.6 Å². The van der Waals surface area contributed by atoms with Crippen molar-refractivity contribution in [2.24, 2.45) is 11.8 Å². The number of benzene rings is 1. The molecule has 1 aromatic carbocycles. The maximum absolute atomic E-state index is 13.2. The van der Waals surface area contributed by atoms with Crippen molar-refractivity contribution in [3.8, 4) is 5.75 Å². The second-order valence-corrected chi connectivity index (χ2v) is 5.52. The first-order valence-electron chi connectivity index (χ1n) is 6.62. The zero-order valence-electron chi connectivity index (χ0n) is 10.8. The van der Waals surface area contributed by atoms with Gasteiger partial charge in [0.2, 0.25) is 0 Å². The molecule has 2 heterocycles. The summed E-state index contributed by atoms with van der Waals surface area (Å²) in [7, 11) is 0. The van der Waals surface area contributed by atoms with Gasteiger partial charge in [-0.3, -0.25) is 4.90 Å². The van der Waals surface area contributed by atoms with E-state index in [1.807, 2.05) is 0 Å². The number of halogens is 2. The number of rotatable bonds is 2. The minimum absolute atomic E-state index is 0. The van der Waals surface area contributed by atoms with Gasteiger partial charge in [0.25, 0.3) is 0 Å². The molecule has 3 rings (SSSR count). The number of aromatic hydroxyl groups is 1. The first-order chi connectivity index (χ1) is 8.70. The van der Waals surface area contributed by atoms with Gasteiger partial charge in [-0.2, -0.15) is 0 Å². The fraction of sp³-hybridized carbons (Fsp3) is 0.571. The fourth-order valence-corrected chi connectivity index (χ4v) is 3.24. The van der Waals surface area contributed by atoms with Gasteiger partial charge in [0.15, 0.2) is 0 Å². The normalized spacial score (nSPS) is 26.8. The van der Waals surface area contributed by atoms with Gasteiger partial charge in [0.05, 0.1) is 0 Å². The van der Waals surface area contributed by atoms with Gasteiger partial charge in [-0.15, -0.1) is 12.4 Å². The first-order valence-corrected chi connectivity index (χ1v) is 6.62. The molecular weight excluding hydrogens is 267 g/mol. The number of piperidine rings is 1. The first kappa shape index (κ1) is 14.6. The SMILES string of the molecule is Cl.Oc1cc(F)cc(CN2CCC3CNCC3C2)c1. The standard InChI is InChI=1S/C14H19FN2O.ClH/c15-13-3-10(4-14(18)5-13)8-17-2-1-11-6-16-7-12(11)9-17;/h3-5,11-12,16,18H,1-2,6-9H2;1H. The zero-order valence-corrected chi connectivity index (χ0v) is 11.6. The summed E-state index contributed by atoms with van der Waals surface area (Å²) in [5, 5.41) is 12.8. The molecule has 5 heteroatoms. The average molecular weight is 287 g/mol. The number of phenols is 1. The van der Waals surface area contributed by atoms with E-state index in [1.165, 1.54) is 12.5 Å². The number of hydrogen-bond acceptors (Lipinski definition) is 3. The molecule has 0 bridgehead atoms. The third kappa shape index (κ3) is 3.38. The van der Waals surface area contributed by atoms with Gasteiger partial charge in [-0.25, -0.2) is 4.39 Å². The third-order valence-corrected chi connectivity index (χ3v) is 4.14. The number of fused-ring (bicyclic) bond motifs is 1. The van der Waals surface area contributed by atoms with Crippen LogP contribution in [0.25, 0.3) is 0 Å². The van der Waals surface area contributed by atoms with Crippen molar-refractivity contribution in [1.29, 1.82) is 0 Å². The van der Waals surface area contributed by atoms with Crippen molar-refractivity contribution in [1.82, 2.24) is 10.2 Å². The lowest BCUT2D eigenvalue weighted by atomic mass is 9.88. The lowest BCUT2D eigenvalue weighted by molar-refractivity contribution is 0.142. The molecule has 0 aromatic heterocycles. The quantitative estimate of drug-likeness (QED) is 0.873. The molecule has 0 radical (unpaired) electrons. The minimum atomic E-state index is -0.359. The molecule has 106 valence electrons. The van der Waals surface area contributed by atoms with E-state index in [0.29, 0.717) is 0 Å². The smallest absolute Gasteiger partial charge is 0.127 e. The van der Waals surface area contributed by atoms with Gasteiger partial charge in [0, 0.05) is 19.2 Å². The monoisotopic (exact) mass is 286 g/mol. The zero-order chi connectivity index (χ0) is 12.5. The Kier molecular flexibility index (Phi) is 4.66. The summed E-state index contributed by atoms with van der Waals surface area (Å²) in [6.07, 6.45) is 1.22. The Morgan fingerprint density at radius 2 is 2.05 bits per heavy atom. The van der Waals surface area contributed by atoms with E-state index in [1.54, 1.807) is 6.07 Å². The van der Waals surface area contributed by atoms with Crippen molar-refractivity contribution in [3.63, 3.8) is 0 Å². The summed E-state index contributed by atoms with van der Waals surface area (Å²) in [5.41, 5.74) is 0.858. The molecule has 2 aliphatic heterocycles. The average Bonchev–Trinajstić information content (AvgIpc) is 2.74. The predicted octanol–water partition coefficient (Wildman–Crippen LogP) is 1.99. The molecule has 0 spiro atoms. The van der Waals surface area contributed by atoms with Gasteiger partial charge >= 0.3 is 0 Å². The van der Waals surface area contributed by atoms with Crippen LogP contribution in [0.5, 0.6) is 5.75 Å². The molecule has 3 nitrogen and oxygen atoms in total. The molecular formula is C14H20ClFN2O. The fourth-order valence-electron chi connectivity index (χ4n) is 3.24. The molecule has 0 amide bonds. The topological polar surface area (TPSA) is 35.5 Å². The highest BCUT2D eigenvalue weighted by Crippen LogP contribution is 2.27. The molecule has 0 aliphatic carbocycles. The van der Waals surface area contributed by atoms with E-state index in [0.717, 1.165) is 56.2 Å². The molecule has 2 fully saturated rings. The van der Waals surface area contributed by atoms with E-state index in [2.05, 4.69) is 10.2 Å². The lowest BCUT2D eigenvalue weighted by Gasteiger charge is -2.34. The Labute approximate surface area is 119 Å².